The van der Waals surface area contributed by atoms with E-state index in [9.17, 15) is 14.7 Å². The average Bonchev–Trinajstić information content (AvgIpc) is 2.16. The molecule has 0 atom stereocenters. The number of carbonyl (C=O) groups excluding carboxylic acids is 2. The summed E-state index contributed by atoms with van der Waals surface area (Å²) in [5.74, 6) is -0.0715. The Kier molecular flexibility index (Phi) is 3.82. The zero-order chi connectivity index (χ0) is 12.3. The van der Waals surface area contributed by atoms with Gasteiger partial charge in [-0.05, 0) is 31.0 Å². The number of hydrogen-bond acceptors (Lipinski definition) is 3. The second-order valence-electron chi connectivity index (χ2n) is 4.31. The fourth-order valence-electron chi connectivity index (χ4n) is 1.46. The van der Waals surface area contributed by atoms with Crippen LogP contribution in [0.3, 0.4) is 0 Å². The van der Waals surface area contributed by atoms with Crippen LogP contribution in [-0.2, 0) is 0 Å². The van der Waals surface area contributed by atoms with E-state index >= 15 is 0 Å². The number of phenolic OH excluding ortho intramolecular Hbond substituents is 1. The van der Waals surface area contributed by atoms with Gasteiger partial charge in [0, 0.05) is 12.0 Å². The van der Waals surface area contributed by atoms with E-state index in [4.69, 9.17) is 0 Å². The predicted molar refractivity (Wildman–Crippen MR) is 61.9 cm³/mol. The van der Waals surface area contributed by atoms with Gasteiger partial charge in [0.25, 0.3) is 0 Å². The van der Waals surface area contributed by atoms with E-state index in [0.717, 1.165) is 0 Å². The van der Waals surface area contributed by atoms with Crippen molar-refractivity contribution in [2.24, 2.45) is 5.92 Å². The van der Waals surface area contributed by atoms with Crippen LogP contribution in [0, 0.1) is 5.92 Å². The van der Waals surface area contributed by atoms with Gasteiger partial charge in [-0.3, -0.25) is 9.59 Å². The minimum Gasteiger partial charge on any atom is -0.507 e. The molecule has 0 unspecified atom stereocenters. The zero-order valence-electron chi connectivity index (χ0n) is 9.78. The first-order valence-corrected chi connectivity index (χ1v) is 5.29. The van der Waals surface area contributed by atoms with E-state index in [0.29, 0.717) is 12.0 Å². The van der Waals surface area contributed by atoms with Crippen molar-refractivity contribution in [1.82, 2.24) is 0 Å². The molecule has 0 saturated heterocycles. The molecule has 1 aromatic carbocycles. The van der Waals surface area contributed by atoms with E-state index in [1.807, 2.05) is 13.8 Å². The van der Waals surface area contributed by atoms with Crippen molar-refractivity contribution in [3.05, 3.63) is 29.3 Å². The van der Waals surface area contributed by atoms with Gasteiger partial charge in [-0.1, -0.05) is 13.8 Å². The maximum atomic E-state index is 11.8. The summed E-state index contributed by atoms with van der Waals surface area (Å²) >= 11 is 0. The third kappa shape index (κ3) is 2.92. The van der Waals surface area contributed by atoms with Crippen LogP contribution in [0.2, 0.25) is 0 Å². The Hall–Kier alpha value is -1.64. The topological polar surface area (TPSA) is 54.4 Å². The summed E-state index contributed by atoms with van der Waals surface area (Å²) in [5.41, 5.74) is 0.686. The summed E-state index contributed by atoms with van der Waals surface area (Å²) in [5, 5.41) is 9.57. The Labute approximate surface area is 95.1 Å². The number of rotatable bonds is 4. The molecule has 0 saturated carbocycles. The molecule has 1 rings (SSSR count). The molecule has 16 heavy (non-hydrogen) atoms. The first-order valence-electron chi connectivity index (χ1n) is 5.29. The van der Waals surface area contributed by atoms with E-state index in [-0.39, 0.29) is 28.8 Å². The molecule has 0 aromatic heterocycles. The smallest absolute Gasteiger partial charge is 0.166 e. The largest absolute Gasteiger partial charge is 0.507 e. The van der Waals surface area contributed by atoms with Gasteiger partial charge in [-0.15, -0.1) is 0 Å². The molecule has 3 nitrogen and oxygen atoms in total. The number of hydrogen-bond donors (Lipinski definition) is 1. The lowest BCUT2D eigenvalue weighted by Crippen LogP contribution is -2.05. The fourth-order valence-corrected chi connectivity index (χ4v) is 1.46. The highest BCUT2D eigenvalue weighted by Crippen LogP contribution is 2.21. The van der Waals surface area contributed by atoms with Crippen molar-refractivity contribution in [2.75, 3.05) is 0 Å². The molecule has 86 valence electrons. The van der Waals surface area contributed by atoms with E-state index in [2.05, 4.69) is 0 Å². The van der Waals surface area contributed by atoms with Gasteiger partial charge < -0.3 is 5.11 Å². The van der Waals surface area contributed by atoms with Gasteiger partial charge in [-0.2, -0.15) is 0 Å². The van der Waals surface area contributed by atoms with E-state index in [1.165, 1.54) is 25.1 Å². The number of aromatic hydroxyl groups is 1. The summed E-state index contributed by atoms with van der Waals surface area (Å²) in [7, 11) is 0. The molecule has 0 aliphatic rings. The minimum absolute atomic E-state index is 0.0596. The van der Waals surface area contributed by atoms with Crippen LogP contribution in [-0.4, -0.2) is 16.7 Å². The summed E-state index contributed by atoms with van der Waals surface area (Å²) in [6.45, 7) is 5.30. The summed E-state index contributed by atoms with van der Waals surface area (Å²) in [6, 6.07) is 4.37. The first kappa shape index (κ1) is 12.4. The highest BCUT2D eigenvalue weighted by molar-refractivity contribution is 6.02. The molecule has 3 heteroatoms. The van der Waals surface area contributed by atoms with Crippen LogP contribution < -0.4 is 0 Å². The van der Waals surface area contributed by atoms with Crippen LogP contribution in [0.4, 0.5) is 0 Å². The quantitative estimate of drug-likeness (QED) is 0.794. The highest BCUT2D eigenvalue weighted by atomic mass is 16.3. The monoisotopic (exact) mass is 220 g/mol. The Morgan fingerprint density at radius 2 is 1.94 bits per heavy atom. The molecular weight excluding hydrogens is 204 g/mol. The number of phenols is 1. The first-order chi connectivity index (χ1) is 7.41. The third-order valence-corrected chi connectivity index (χ3v) is 2.30. The Balaban J connectivity index is 3.07. The molecule has 0 spiro atoms. The zero-order valence-corrected chi connectivity index (χ0v) is 9.78. The minimum atomic E-state index is -0.129. The number of Topliss-reactive ketones (excluding diaryl/α,β-unsaturated/α-hetero) is 2. The van der Waals surface area contributed by atoms with Crippen LogP contribution in [0.15, 0.2) is 18.2 Å². The lowest BCUT2D eigenvalue weighted by Gasteiger charge is -2.07. The number of carbonyl (C=O) groups is 2. The van der Waals surface area contributed by atoms with Crippen LogP contribution in [0.1, 0.15) is 47.9 Å². The SMILES string of the molecule is CC(=O)c1ccc(O)c(C(=O)CC(C)C)c1. The number of ketones is 2. The van der Waals surface area contributed by atoms with Crippen molar-refractivity contribution in [3.63, 3.8) is 0 Å². The summed E-state index contributed by atoms with van der Waals surface area (Å²) in [4.78, 5) is 22.9. The predicted octanol–water partition coefficient (Wildman–Crippen LogP) is 2.82. The molecule has 0 bridgehead atoms. The lowest BCUT2D eigenvalue weighted by molar-refractivity contribution is 0.0965. The molecule has 1 aromatic rings. The number of benzene rings is 1. The Morgan fingerprint density at radius 1 is 1.31 bits per heavy atom. The van der Waals surface area contributed by atoms with Crippen LogP contribution >= 0.6 is 0 Å². The normalized spacial score (nSPS) is 10.5. The van der Waals surface area contributed by atoms with Gasteiger partial charge in [0.05, 0.1) is 5.56 Å². The second kappa shape index (κ2) is 4.92. The summed E-state index contributed by atoms with van der Waals surface area (Å²) < 4.78 is 0. The maximum absolute atomic E-state index is 11.8. The molecule has 0 heterocycles. The standard InChI is InChI=1S/C13H16O3/c1-8(2)6-13(16)11-7-10(9(3)14)4-5-12(11)15/h4-5,7-8,15H,6H2,1-3H3. The van der Waals surface area contributed by atoms with Gasteiger partial charge in [0.2, 0.25) is 0 Å². The lowest BCUT2D eigenvalue weighted by atomic mass is 9.98. The van der Waals surface area contributed by atoms with Crippen molar-refractivity contribution >= 4 is 11.6 Å². The van der Waals surface area contributed by atoms with Gasteiger partial charge >= 0.3 is 0 Å². The molecule has 0 radical (unpaired) electrons. The maximum Gasteiger partial charge on any atom is 0.166 e. The van der Waals surface area contributed by atoms with Crippen molar-refractivity contribution in [1.29, 1.82) is 0 Å². The molecule has 0 fully saturated rings. The molecule has 1 N–H and O–H groups in total. The van der Waals surface area contributed by atoms with Crippen molar-refractivity contribution in [2.45, 2.75) is 27.2 Å². The summed E-state index contributed by atoms with van der Waals surface area (Å²) in [6.07, 6.45) is 0.370. The Morgan fingerprint density at radius 3 is 2.44 bits per heavy atom. The van der Waals surface area contributed by atoms with E-state index < -0.39 is 0 Å². The fraction of sp³-hybridized carbons (Fsp3) is 0.385. The van der Waals surface area contributed by atoms with Gasteiger partial charge in [0.1, 0.15) is 5.75 Å². The third-order valence-electron chi connectivity index (χ3n) is 2.30. The van der Waals surface area contributed by atoms with Gasteiger partial charge in [0.15, 0.2) is 11.6 Å². The average molecular weight is 220 g/mol. The molecule has 0 amide bonds. The molecule has 0 aliphatic heterocycles. The Bertz CT molecular complexity index is 419. The molecule has 0 aliphatic carbocycles. The van der Waals surface area contributed by atoms with E-state index in [1.54, 1.807) is 0 Å². The molecular formula is C13H16O3. The van der Waals surface area contributed by atoms with Crippen molar-refractivity contribution < 1.29 is 14.7 Å². The van der Waals surface area contributed by atoms with Crippen LogP contribution in [0.25, 0.3) is 0 Å². The second-order valence-corrected chi connectivity index (χ2v) is 4.31. The van der Waals surface area contributed by atoms with Gasteiger partial charge in [-0.25, -0.2) is 0 Å². The highest BCUT2D eigenvalue weighted by Gasteiger charge is 2.14. The van der Waals surface area contributed by atoms with Crippen molar-refractivity contribution in [3.8, 4) is 5.75 Å². The van der Waals surface area contributed by atoms with Crippen LogP contribution in [0.5, 0.6) is 5.75 Å².